The van der Waals surface area contributed by atoms with Gasteiger partial charge in [0.25, 0.3) is 5.91 Å². The van der Waals surface area contributed by atoms with Crippen LogP contribution >= 0.6 is 12.2 Å². The first kappa shape index (κ1) is 13.6. The molecule has 0 saturated carbocycles. The molecular weight excluding hydrogens is 236 g/mol. The Hall–Kier alpha value is -1.46. The van der Waals surface area contributed by atoms with Crippen molar-refractivity contribution in [2.75, 3.05) is 20.3 Å². The number of amides is 1. The summed E-state index contributed by atoms with van der Waals surface area (Å²) >= 11 is 4.99. The minimum atomic E-state index is -0.196. The lowest BCUT2D eigenvalue weighted by atomic mass is 10.1. The van der Waals surface area contributed by atoms with E-state index in [4.69, 9.17) is 17.0 Å². The molecule has 0 aliphatic carbocycles. The van der Waals surface area contributed by atoms with Crippen LogP contribution in [0.3, 0.4) is 0 Å². The molecule has 1 aromatic rings. The number of methoxy groups -OCH3 is 1. The predicted octanol–water partition coefficient (Wildman–Crippen LogP) is 1.25. The Morgan fingerprint density at radius 1 is 1.41 bits per heavy atom. The Balaban J connectivity index is 2.49. The first-order chi connectivity index (χ1) is 8.15. The number of nitrogens with one attached hydrogen (secondary N) is 2. The Bertz CT molecular complexity index is 407. The second kappa shape index (κ2) is 6.98. The molecule has 0 unspecified atom stereocenters. The third-order valence-electron chi connectivity index (χ3n) is 2.21. The van der Waals surface area contributed by atoms with Crippen LogP contribution in [0.5, 0.6) is 0 Å². The standard InChI is InChI=1S/C12H16N2O2S/c1-9-5-3-4-6-10(9)11(15)14-12(17)13-7-8-16-2/h3-6H,7-8H2,1-2H3,(H2,13,14,15,17). The average Bonchev–Trinajstić information content (AvgIpc) is 2.29. The summed E-state index contributed by atoms with van der Waals surface area (Å²) in [6.07, 6.45) is 0. The van der Waals surface area contributed by atoms with E-state index in [2.05, 4.69) is 10.6 Å². The van der Waals surface area contributed by atoms with Crippen molar-refractivity contribution in [1.82, 2.24) is 10.6 Å². The van der Waals surface area contributed by atoms with E-state index in [0.29, 0.717) is 23.8 Å². The lowest BCUT2D eigenvalue weighted by molar-refractivity contribution is 0.0976. The van der Waals surface area contributed by atoms with Gasteiger partial charge in [-0.05, 0) is 30.8 Å². The highest BCUT2D eigenvalue weighted by molar-refractivity contribution is 7.80. The summed E-state index contributed by atoms with van der Waals surface area (Å²) in [4.78, 5) is 11.8. The third kappa shape index (κ3) is 4.50. The number of benzene rings is 1. The molecule has 0 atom stereocenters. The number of hydrogen-bond acceptors (Lipinski definition) is 3. The zero-order chi connectivity index (χ0) is 12.7. The average molecular weight is 252 g/mol. The Morgan fingerprint density at radius 3 is 2.76 bits per heavy atom. The Labute approximate surface area is 106 Å². The number of hydrogen-bond donors (Lipinski definition) is 2. The van der Waals surface area contributed by atoms with E-state index in [0.717, 1.165) is 5.56 Å². The highest BCUT2D eigenvalue weighted by Crippen LogP contribution is 2.06. The number of ether oxygens (including phenoxy) is 1. The predicted molar refractivity (Wildman–Crippen MR) is 71.1 cm³/mol. The second-order valence-corrected chi connectivity index (χ2v) is 3.93. The minimum Gasteiger partial charge on any atom is -0.383 e. The Kier molecular flexibility index (Phi) is 5.59. The van der Waals surface area contributed by atoms with E-state index in [1.807, 2.05) is 25.1 Å². The van der Waals surface area contributed by atoms with E-state index >= 15 is 0 Å². The molecule has 1 amide bonds. The topological polar surface area (TPSA) is 50.4 Å². The maximum atomic E-state index is 11.8. The van der Waals surface area contributed by atoms with Gasteiger partial charge in [0.2, 0.25) is 0 Å². The molecule has 0 spiro atoms. The number of carbonyl (C=O) groups is 1. The summed E-state index contributed by atoms with van der Waals surface area (Å²) in [6.45, 7) is 3.00. The van der Waals surface area contributed by atoms with Gasteiger partial charge in [0.1, 0.15) is 0 Å². The second-order valence-electron chi connectivity index (χ2n) is 3.52. The van der Waals surface area contributed by atoms with Crippen LogP contribution in [0.15, 0.2) is 24.3 Å². The molecule has 5 heteroatoms. The summed E-state index contributed by atoms with van der Waals surface area (Å²) < 4.78 is 4.87. The smallest absolute Gasteiger partial charge is 0.257 e. The van der Waals surface area contributed by atoms with Crippen LogP contribution in [-0.2, 0) is 4.74 Å². The minimum absolute atomic E-state index is 0.196. The van der Waals surface area contributed by atoms with Crippen molar-refractivity contribution < 1.29 is 9.53 Å². The molecule has 92 valence electrons. The van der Waals surface area contributed by atoms with Crippen molar-refractivity contribution in [3.8, 4) is 0 Å². The van der Waals surface area contributed by atoms with Crippen molar-refractivity contribution in [3.05, 3.63) is 35.4 Å². The molecule has 1 aromatic carbocycles. The fraction of sp³-hybridized carbons (Fsp3) is 0.333. The number of aryl methyl sites for hydroxylation is 1. The highest BCUT2D eigenvalue weighted by Gasteiger charge is 2.09. The fourth-order valence-electron chi connectivity index (χ4n) is 1.31. The third-order valence-corrected chi connectivity index (χ3v) is 2.45. The maximum Gasteiger partial charge on any atom is 0.257 e. The molecular formula is C12H16N2O2S. The van der Waals surface area contributed by atoms with Gasteiger partial charge in [-0.1, -0.05) is 18.2 Å². The molecule has 0 heterocycles. The lowest BCUT2D eigenvalue weighted by Gasteiger charge is -2.10. The lowest BCUT2D eigenvalue weighted by Crippen LogP contribution is -2.40. The first-order valence-electron chi connectivity index (χ1n) is 5.29. The highest BCUT2D eigenvalue weighted by atomic mass is 32.1. The monoisotopic (exact) mass is 252 g/mol. The maximum absolute atomic E-state index is 11.8. The molecule has 0 aliphatic rings. The van der Waals surface area contributed by atoms with Crippen LogP contribution < -0.4 is 10.6 Å². The van der Waals surface area contributed by atoms with Gasteiger partial charge >= 0.3 is 0 Å². The van der Waals surface area contributed by atoms with E-state index in [1.165, 1.54) is 0 Å². The molecule has 0 aromatic heterocycles. The summed E-state index contributed by atoms with van der Waals surface area (Å²) in [6, 6.07) is 7.36. The molecule has 0 bridgehead atoms. The van der Waals surface area contributed by atoms with E-state index in [-0.39, 0.29) is 5.91 Å². The van der Waals surface area contributed by atoms with Crippen molar-refractivity contribution in [3.63, 3.8) is 0 Å². The number of thiocarbonyl (C=S) groups is 1. The van der Waals surface area contributed by atoms with Gasteiger partial charge < -0.3 is 10.1 Å². The van der Waals surface area contributed by atoms with Crippen molar-refractivity contribution in [2.45, 2.75) is 6.92 Å². The fourth-order valence-corrected chi connectivity index (χ4v) is 1.50. The van der Waals surface area contributed by atoms with Crippen molar-refractivity contribution in [1.29, 1.82) is 0 Å². The van der Waals surface area contributed by atoms with Crippen LogP contribution in [-0.4, -0.2) is 31.3 Å². The molecule has 2 N–H and O–H groups in total. The largest absolute Gasteiger partial charge is 0.383 e. The summed E-state index contributed by atoms with van der Waals surface area (Å²) in [5, 5.41) is 5.82. The van der Waals surface area contributed by atoms with Crippen LogP contribution in [0, 0.1) is 6.92 Å². The normalized spacial score (nSPS) is 9.76. The summed E-state index contributed by atoms with van der Waals surface area (Å²) in [5.74, 6) is -0.196. The van der Waals surface area contributed by atoms with Gasteiger partial charge in [-0.25, -0.2) is 0 Å². The van der Waals surface area contributed by atoms with Crippen LogP contribution in [0.25, 0.3) is 0 Å². The summed E-state index contributed by atoms with van der Waals surface area (Å²) in [7, 11) is 1.61. The van der Waals surface area contributed by atoms with Gasteiger partial charge in [-0.15, -0.1) is 0 Å². The number of rotatable bonds is 4. The van der Waals surface area contributed by atoms with Crippen LogP contribution in [0.4, 0.5) is 0 Å². The van der Waals surface area contributed by atoms with Crippen LogP contribution in [0.2, 0.25) is 0 Å². The number of carbonyl (C=O) groups excluding carboxylic acids is 1. The zero-order valence-corrected chi connectivity index (χ0v) is 10.8. The van der Waals surface area contributed by atoms with E-state index in [9.17, 15) is 4.79 Å². The molecule has 0 aliphatic heterocycles. The van der Waals surface area contributed by atoms with Gasteiger partial charge in [0.05, 0.1) is 6.61 Å². The molecule has 0 fully saturated rings. The SMILES string of the molecule is COCCNC(=S)NC(=O)c1ccccc1C. The van der Waals surface area contributed by atoms with Crippen molar-refractivity contribution >= 4 is 23.2 Å². The molecule has 0 radical (unpaired) electrons. The first-order valence-corrected chi connectivity index (χ1v) is 5.69. The van der Waals surface area contributed by atoms with Gasteiger partial charge in [0, 0.05) is 19.2 Å². The summed E-state index contributed by atoms with van der Waals surface area (Å²) in [5.41, 5.74) is 1.55. The molecule has 1 rings (SSSR count). The molecule has 17 heavy (non-hydrogen) atoms. The van der Waals surface area contributed by atoms with Gasteiger partial charge in [0.15, 0.2) is 5.11 Å². The quantitative estimate of drug-likeness (QED) is 0.625. The van der Waals surface area contributed by atoms with Crippen molar-refractivity contribution in [2.24, 2.45) is 0 Å². The zero-order valence-electron chi connectivity index (χ0n) is 9.95. The Morgan fingerprint density at radius 2 is 2.12 bits per heavy atom. The molecule has 0 saturated heterocycles. The van der Waals surface area contributed by atoms with Gasteiger partial charge in [-0.2, -0.15) is 0 Å². The van der Waals surface area contributed by atoms with E-state index in [1.54, 1.807) is 13.2 Å². The van der Waals surface area contributed by atoms with E-state index < -0.39 is 0 Å². The molecule has 4 nitrogen and oxygen atoms in total. The van der Waals surface area contributed by atoms with Gasteiger partial charge in [-0.3, -0.25) is 10.1 Å². The van der Waals surface area contributed by atoms with Crippen LogP contribution in [0.1, 0.15) is 15.9 Å².